The largest absolute Gasteiger partial charge is 0.497 e. The molecular weight excluding hydrogens is 236 g/mol. The molecular formula is C12H14N2O4. The second kappa shape index (κ2) is 5.05. The van der Waals surface area contributed by atoms with Gasteiger partial charge < -0.3 is 20.5 Å². The Bertz CT molecular complexity index is 458. The molecule has 0 radical (unpaired) electrons. The maximum absolute atomic E-state index is 11.5. The molecule has 6 heteroatoms. The summed E-state index contributed by atoms with van der Waals surface area (Å²) in [4.78, 5) is 22.3. The predicted octanol–water partition coefficient (Wildman–Crippen LogP) is -0.436. The summed E-state index contributed by atoms with van der Waals surface area (Å²) in [5, 5.41) is 2.67. The van der Waals surface area contributed by atoms with Gasteiger partial charge in [-0.1, -0.05) is 12.1 Å². The number of hydrogen-bond acceptors (Lipinski definition) is 4. The van der Waals surface area contributed by atoms with Crippen molar-refractivity contribution < 1.29 is 19.1 Å². The molecule has 96 valence electrons. The second-order valence-electron chi connectivity index (χ2n) is 3.95. The Labute approximate surface area is 104 Å². The van der Waals surface area contributed by atoms with E-state index in [1.807, 2.05) is 12.1 Å². The van der Waals surface area contributed by atoms with Gasteiger partial charge in [-0.15, -0.1) is 0 Å². The molecule has 2 atom stereocenters. The van der Waals surface area contributed by atoms with Crippen LogP contribution < -0.4 is 15.8 Å². The Kier molecular flexibility index (Phi) is 3.47. The van der Waals surface area contributed by atoms with Crippen LogP contribution in [0.5, 0.6) is 5.75 Å². The van der Waals surface area contributed by atoms with Gasteiger partial charge in [0.2, 0.25) is 5.91 Å². The van der Waals surface area contributed by atoms with Crippen molar-refractivity contribution >= 4 is 11.8 Å². The first-order chi connectivity index (χ1) is 8.61. The molecule has 0 aliphatic carbocycles. The van der Waals surface area contributed by atoms with E-state index < -0.39 is 18.1 Å². The third-order valence-electron chi connectivity index (χ3n) is 2.66. The molecule has 1 fully saturated rings. The highest BCUT2D eigenvalue weighted by atomic mass is 16.6. The number of rotatable bonds is 5. The summed E-state index contributed by atoms with van der Waals surface area (Å²) < 4.78 is 9.88. The van der Waals surface area contributed by atoms with E-state index in [0.29, 0.717) is 6.54 Å². The average molecular weight is 250 g/mol. The lowest BCUT2D eigenvalue weighted by Crippen LogP contribution is -2.31. The Balaban J connectivity index is 1.81. The van der Waals surface area contributed by atoms with Crippen LogP contribution in [-0.4, -0.2) is 31.1 Å². The lowest BCUT2D eigenvalue weighted by atomic mass is 10.2. The fourth-order valence-corrected chi connectivity index (χ4v) is 1.56. The highest BCUT2D eigenvalue weighted by molar-refractivity contribution is 5.94. The van der Waals surface area contributed by atoms with E-state index in [1.165, 1.54) is 0 Å². The molecule has 1 aliphatic rings. The first-order valence-corrected chi connectivity index (χ1v) is 5.47. The summed E-state index contributed by atoms with van der Waals surface area (Å²) >= 11 is 0. The lowest BCUT2D eigenvalue weighted by Gasteiger charge is -2.04. The summed E-state index contributed by atoms with van der Waals surface area (Å²) in [6, 6.07) is 7.31. The van der Waals surface area contributed by atoms with E-state index in [0.717, 1.165) is 11.3 Å². The number of ether oxygens (including phenoxy) is 2. The summed E-state index contributed by atoms with van der Waals surface area (Å²) in [5.74, 6) is -0.182. The van der Waals surface area contributed by atoms with Gasteiger partial charge in [0, 0.05) is 6.54 Å². The zero-order chi connectivity index (χ0) is 13.1. The molecule has 3 N–H and O–H groups in total. The molecule has 1 aromatic carbocycles. The SMILES string of the molecule is COc1ccc(CNC(=O)[C@H]2O[C@H]2C(N)=O)cc1. The van der Waals surface area contributed by atoms with Gasteiger partial charge in [-0.05, 0) is 17.7 Å². The molecule has 18 heavy (non-hydrogen) atoms. The van der Waals surface area contributed by atoms with Crippen molar-refractivity contribution in [1.82, 2.24) is 5.32 Å². The highest BCUT2D eigenvalue weighted by Crippen LogP contribution is 2.21. The van der Waals surface area contributed by atoms with Gasteiger partial charge in [0.25, 0.3) is 5.91 Å². The normalized spacial score (nSPS) is 21.2. The van der Waals surface area contributed by atoms with Crippen LogP contribution in [0, 0.1) is 0 Å². The Hall–Kier alpha value is -2.08. The summed E-state index contributed by atoms with van der Waals surface area (Å²) in [7, 11) is 1.59. The molecule has 6 nitrogen and oxygen atoms in total. The zero-order valence-corrected chi connectivity index (χ0v) is 9.88. The van der Waals surface area contributed by atoms with E-state index in [9.17, 15) is 9.59 Å². The minimum absolute atomic E-state index is 0.324. The van der Waals surface area contributed by atoms with Crippen LogP contribution >= 0.6 is 0 Å². The number of hydrogen-bond donors (Lipinski definition) is 2. The minimum atomic E-state index is -0.777. The standard InChI is InChI=1S/C12H14N2O4/c1-17-8-4-2-7(3-5-8)6-14-12(16)10-9(18-10)11(13)15/h2-5,9-10H,6H2,1H3,(H2,13,15)(H,14,16)/t9-,10+/m1/s1. The lowest BCUT2D eigenvalue weighted by molar-refractivity contribution is -0.123. The van der Waals surface area contributed by atoms with Gasteiger partial charge in [-0.3, -0.25) is 9.59 Å². The van der Waals surface area contributed by atoms with Crippen LogP contribution in [0.3, 0.4) is 0 Å². The van der Waals surface area contributed by atoms with Crippen molar-refractivity contribution in [2.24, 2.45) is 5.73 Å². The number of primary amides is 1. The Morgan fingerprint density at radius 2 is 2.00 bits per heavy atom. The summed E-state index contributed by atoms with van der Waals surface area (Å²) in [6.07, 6.45) is -1.51. The van der Waals surface area contributed by atoms with Crippen molar-refractivity contribution in [2.45, 2.75) is 18.8 Å². The quantitative estimate of drug-likeness (QED) is 0.693. The van der Waals surface area contributed by atoms with Crippen LogP contribution in [-0.2, 0) is 20.9 Å². The average Bonchev–Trinajstić information content (AvgIpc) is 3.17. The van der Waals surface area contributed by atoms with Crippen molar-refractivity contribution in [3.63, 3.8) is 0 Å². The molecule has 0 aromatic heterocycles. The predicted molar refractivity (Wildman–Crippen MR) is 62.7 cm³/mol. The van der Waals surface area contributed by atoms with Crippen molar-refractivity contribution in [1.29, 1.82) is 0 Å². The number of carbonyl (C=O) groups excluding carboxylic acids is 2. The van der Waals surface area contributed by atoms with Crippen molar-refractivity contribution in [3.05, 3.63) is 29.8 Å². The molecule has 0 spiro atoms. The van der Waals surface area contributed by atoms with Crippen molar-refractivity contribution in [3.8, 4) is 5.75 Å². The zero-order valence-electron chi connectivity index (χ0n) is 9.88. The van der Waals surface area contributed by atoms with Crippen LogP contribution in [0.15, 0.2) is 24.3 Å². The fourth-order valence-electron chi connectivity index (χ4n) is 1.56. The number of nitrogens with two attached hydrogens (primary N) is 1. The molecule has 0 bridgehead atoms. The Morgan fingerprint density at radius 3 is 2.50 bits per heavy atom. The molecule has 2 rings (SSSR count). The molecule has 1 saturated heterocycles. The number of amides is 2. The third kappa shape index (κ3) is 2.78. The first-order valence-electron chi connectivity index (χ1n) is 5.47. The third-order valence-corrected chi connectivity index (χ3v) is 2.66. The van der Waals surface area contributed by atoms with Crippen LogP contribution in [0.4, 0.5) is 0 Å². The topological polar surface area (TPSA) is 93.9 Å². The number of epoxide rings is 1. The van der Waals surface area contributed by atoms with E-state index >= 15 is 0 Å². The molecule has 0 saturated carbocycles. The maximum atomic E-state index is 11.5. The molecule has 0 unspecified atom stereocenters. The monoisotopic (exact) mass is 250 g/mol. The number of carbonyl (C=O) groups is 2. The van der Waals surface area contributed by atoms with Crippen LogP contribution in [0.1, 0.15) is 5.56 Å². The van der Waals surface area contributed by atoms with Crippen LogP contribution in [0.25, 0.3) is 0 Å². The molecule has 1 heterocycles. The van der Waals surface area contributed by atoms with E-state index in [1.54, 1.807) is 19.2 Å². The molecule has 1 aliphatic heterocycles. The van der Waals surface area contributed by atoms with E-state index in [2.05, 4.69) is 5.32 Å². The van der Waals surface area contributed by atoms with Gasteiger partial charge in [0.05, 0.1) is 7.11 Å². The number of benzene rings is 1. The molecule has 2 amide bonds. The maximum Gasteiger partial charge on any atom is 0.252 e. The smallest absolute Gasteiger partial charge is 0.252 e. The van der Waals surface area contributed by atoms with Crippen molar-refractivity contribution in [2.75, 3.05) is 7.11 Å². The van der Waals surface area contributed by atoms with E-state index in [-0.39, 0.29) is 5.91 Å². The number of nitrogens with one attached hydrogen (secondary N) is 1. The van der Waals surface area contributed by atoms with Gasteiger partial charge in [-0.2, -0.15) is 0 Å². The fraction of sp³-hybridized carbons (Fsp3) is 0.333. The number of methoxy groups -OCH3 is 1. The van der Waals surface area contributed by atoms with Gasteiger partial charge in [0.15, 0.2) is 12.2 Å². The molecule has 1 aromatic rings. The van der Waals surface area contributed by atoms with Gasteiger partial charge >= 0.3 is 0 Å². The minimum Gasteiger partial charge on any atom is -0.497 e. The first kappa shape index (κ1) is 12.4. The van der Waals surface area contributed by atoms with E-state index in [4.69, 9.17) is 15.2 Å². The van der Waals surface area contributed by atoms with Crippen LogP contribution in [0.2, 0.25) is 0 Å². The second-order valence-corrected chi connectivity index (χ2v) is 3.95. The Morgan fingerprint density at radius 1 is 1.33 bits per heavy atom. The highest BCUT2D eigenvalue weighted by Gasteiger charge is 2.49. The summed E-state index contributed by atoms with van der Waals surface area (Å²) in [6.45, 7) is 0.369. The van der Waals surface area contributed by atoms with Gasteiger partial charge in [0.1, 0.15) is 5.75 Å². The summed E-state index contributed by atoms with van der Waals surface area (Å²) in [5.41, 5.74) is 5.94. The van der Waals surface area contributed by atoms with Gasteiger partial charge in [-0.25, -0.2) is 0 Å².